The highest BCUT2D eigenvalue weighted by Gasteiger charge is 2.70. The molecule has 3 aromatic rings. The summed E-state index contributed by atoms with van der Waals surface area (Å²) in [6.07, 6.45) is 0. The van der Waals surface area contributed by atoms with Crippen LogP contribution < -0.4 is 4.90 Å². The van der Waals surface area contributed by atoms with E-state index < -0.39 is 22.7 Å². The summed E-state index contributed by atoms with van der Waals surface area (Å²) in [5.74, 6) is -1.01. The van der Waals surface area contributed by atoms with Gasteiger partial charge in [0.2, 0.25) is 11.8 Å². The van der Waals surface area contributed by atoms with Gasteiger partial charge in [-0.2, -0.15) is 0 Å². The standard InChI is InChI=1S/C26H20BrNO2/c1-25-17-7-3-5-9-19(17)26(2,20-10-6-4-8-18(20)25)22-21(25)23(29)28(24(22)30)16-13-11-15(27)12-14-16/h3-14,21-22H,1-2H3/t21-,22-,25?,26?/m1/s1. The van der Waals surface area contributed by atoms with Crippen molar-refractivity contribution in [3.05, 3.63) is 99.5 Å². The van der Waals surface area contributed by atoms with Crippen molar-refractivity contribution >= 4 is 33.4 Å². The van der Waals surface area contributed by atoms with E-state index in [9.17, 15) is 9.59 Å². The zero-order chi connectivity index (χ0) is 20.8. The van der Waals surface area contributed by atoms with Gasteiger partial charge in [0, 0.05) is 15.3 Å². The molecule has 3 nitrogen and oxygen atoms in total. The molecule has 4 aliphatic rings. The molecule has 1 heterocycles. The highest BCUT2D eigenvalue weighted by Crippen LogP contribution is 2.66. The quantitative estimate of drug-likeness (QED) is 0.471. The van der Waals surface area contributed by atoms with E-state index in [1.54, 1.807) is 0 Å². The third-order valence-corrected chi connectivity index (χ3v) is 8.26. The number of carbonyl (C=O) groups is 2. The van der Waals surface area contributed by atoms with Crippen molar-refractivity contribution in [2.75, 3.05) is 4.90 Å². The smallest absolute Gasteiger partial charge is 0.238 e. The van der Waals surface area contributed by atoms with Gasteiger partial charge < -0.3 is 0 Å². The first kappa shape index (κ1) is 18.1. The Morgan fingerprint density at radius 3 is 1.40 bits per heavy atom. The van der Waals surface area contributed by atoms with Crippen LogP contribution >= 0.6 is 15.9 Å². The number of anilines is 1. The number of hydrogen-bond acceptors (Lipinski definition) is 2. The van der Waals surface area contributed by atoms with Gasteiger partial charge >= 0.3 is 0 Å². The first-order chi connectivity index (χ1) is 14.4. The van der Waals surface area contributed by atoms with E-state index in [1.165, 1.54) is 27.2 Å². The summed E-state index contributed by atoms with van der Waals surface area (Å²) in [5, 5.41) is 0. The van der Waals surface area contributed by atoms with Crippen molar-refractivity contribution < 1.29 is 9.59 Å². The number of nitrogens with zero attached hydrogens (tertiary/aromatic N) is 1. The molecule has 0 saturated carbocycles. The average Bonchev–Trinajstić information content (AvgIpc) is 3.04. The second-order valence-corrected chi connectivity index (χ2v) is 9.86. The van der Waals surface area contributed by atoms with Crippen LogP contribution in [0.3, 0.4) is 0 Å². The van der Waals surface area contributed by atoms with Gasteiger partial charge in [0.25, 0.3) is 0 Å². The number of halogens is 1. The average molecular weight is 458 g/mol. The molecule has 1 saturated heterocycles. The summed E-state index contributed by atoms with van der Waals surface area (Å²) in [7, 11) is 0. The van der Waals surface area contributed by atoms with Crippen LogP contribution in [0.1, 0.15) is 36.1 Å². The SMILES string of the molecule is CC12c3ccccc3C(C)(c3ccccc31)[C@H]1C(=O)N(c3ccc(Br)cc3)C(=O)[C@@H]12. The lowest BCUT2D eigenvalue weighted by atomic mass is 9.42. The minimum absolute atomic E-state index is 0.0925. The number of amides is 2. The Labute approximate surface area is 183 Å². The minimum atomic E-state index is -0.535. The Morgan fingerprint density at radius 2 is 1.03 bits per heavy atom. The van der Waals surface area contributed by atoms with Crippen LogP contribution in [0.15, 0.2) is 77.3 Å². The lowest BCUT2D eigenvalue weighted by Crippen LogP contribution is -2.59. The summed E-state index contributed by atoms with van der Waals surface area (Å²) in [5.41, 5.74) is 4.26. The third kappa shape index (κ3) is 1.87. The second kappa shape index (κ2) is 5.70. The first-order valence-electron chi connectivity index (χ1n) is 10.2. The lowest BCUT2D eigenvalue weighted by Gasteiger charge is -2.57. The van der Waals surface area contributed by atoms with Crippen LogP contribution in [-0.2, 0) is 20.4 Å². The summed E-state index contributed by atoms with van der Waals surface area (Å²) in [6, 6.07) is 24.1. The van der Waals surface area contributed by atoms with Gasteiger partial charge in [0.15, 0.2) is 0 Å². The van der Waals surface area contributed by atoms with Gasteiger partial charge in [0.05, 0.1) is 17.5 Å². The molecule has 1 aliphatic heterocycles. The molecule has 2 amide bonds. The summed E-state index contributed by atoms with van der Waals surface area (Å²) in [6.45, 7) is 4.30. The fourth-order valence-corrected chi connectivity index (χ4v) is 6.68. The Morgan fingerprint density at radius 1 is 0.667 bits per heavy atom. The molecule has 3 aliphatic carbocycles. The second-order valence-electron chi connectivity index (χ2n) is 8.94. The molecule has 1 fully saturated rings. The molecule has 0 aromatic heterocycles. The van der Waals surface area contributed by atoms with E-state index in [0.29, 0.717) is 5.69 Å². The number of carbonyl (C=O) groups excluding carboxylic acids is 2. The number of hydrogen-bond donors (Lipinski definition) is 0. The van der Waals surface area contributed by atoms with Gasteiger partial charge in [-0.05, 0) is 46.5 Å². The van der Waals surface area contributed by atoms with Crippen LogP contribution in [0, 0.1) is 11.8 Å². The number of rotatable bonds is 1. The Bertz CT molecular complexity index is 1120. The van der Waals surface area contributed by atoms with Crippen molar-refractivity contribution in [2.24, 2.45) is 11.8 Å². The van der Waals surface area contributed by atoms with Crippen molar-refractivity contribution in [2.45, 2.75) is 24.7 Å². The van der Waals surface area contributed by atoms with Crippen molar-refractivity contribution in [3.8, 4) is 0 Å². The van der Waals surface area contributed by atoms with E-state index in [0.717, 1.165) is 4.47 Å². The van der Waals surface area contributed by atoms with E-state index in [4.69, 9.17) is 0 Å². The zero-order valence-electron chi connectivity index (χ0n) is 16.7. The zero-order valence-corrected chi connectivity index (χ0v) is 18.3. The maximum absolute atomic E-state index is 13.9. The van der Waals surface area contributed by atoms with Crippen molar-refractivity contribution in [1.82, 2.24) is 0 Å². The maximum atomic E-state index is 13.9. The Kier molecular flexibility index (Phi) is 3.44. The summed E-state index contributed by atoms with van der Waals surface area (Å²) in [4.78, 5) is 29.2. The fraction of sp³-hybridized carbons (Fsp3) is 0.231. The molecule has 7 rings (SSSR count). The molecule has 30 heavy (non-hydrogen) atoms. The van der Waals surface area contributed by atoms with E-state index in [-0.39, 0.29) is 11.8 Å². The fourth-order valence-electron chi connectivity index (χ4n) is 6.42. The van der Waals surface area contributed by atoms with Crippen LogP contribution in [0.4, 0.5) is 5.69 Å². The first-order valence-corrected chi connectivity index (χ1v) is 11.0. The van der Waals surface area contributed by atoms with Crippen molar-refractivity contribution in [3.63, 3.8) is 0 Å². The van der Waals surface area contributed by atoms with Crippen LogP contribution in [-0.4, -0.2) is 11.8 Å². The Hall–Kier alpha value is -2.72. The van der Waals surface area contributed by atoms with Crippen LogP contribution in [0.25, 0.3) is 0 Å². The molecule has 2 atom stereocenters. The molecule has 4 heteroatoms. The lowest BCUT2D eigenvalue weighted by molar-refractivity contribution is -0.124. The number of imide groups is 1. The topological polar surface area (TPSA) is 37.4 Å². The van der Waals surface area contributed by atoms with Crippen molar-refractivity contribution in [1.29, 1.82) is 0 Å². The molecule has 0 radical (unpaired) electrons. The Balaban J connectivity index is 1.66. The maximum Gasteiger partial charge on any atom is 0.238 e. The van der Waals surface area contributed by atoms with Gasteiger partial charge in [-0.3, -0.25) is 9.59 Å². The number of benzene rings is 3. The van der Waals surface area contributed by atoms with Gasteiger partial charge in [0.1, 0.15) is 0 Å². The summed E-state index contributed by atoms with van der Waals surface area (Å²) >= 11 is 3.44. The summed E-state index contributed by atoms with van der Waals surface area (Å²) < 4.78 is 0.918. The molecular weight excluding hydrogens is 438 g/mol. The third-order valence-electron chi connectivity index (χ3n) is 7.73. The molecule has 2 bridgehead atoms. The van der Waals surface area contributed by atoms with Gasteiger partial charge in [-0.25, -0.2) is 4.90 Å². The predicted molar refractivity (Wildman–Crippen MR) is 119 cm³/mol. The largest absolute Gasteiger partial charge is 0.274 e. The molecule has 3 aromatic carbocycles. The minimum Gasteiger partial charge on any atom is -0.274 e. The van der Waals surface area contributed by atoms with Gasteiger partial charge in [-0.15, -0.1) is 0 Å². The molecular formula is C26H20BrNO2. The normalized spacial score (nSPS) is 30.8. The molecule has 0 N–H and O–H groups in total. The van der Waals surface area contributed by atoms with Crippen LogP contribution in [0.5, 0.6) is 0 Å². The highest BCUT2D eigenvalue weighted by atomic mass is 79.9. The van der Waals surface area contributed by atoms with Crippen LogP contribution in [0.2, 0.25) is 0 Å². The van der Waals surface area contributed by atoms with Gasteiger partial charge in [-0.1, -0.05) is 78.3 Å². The molecule has 0 unspecified atom stereocenters. The predicted octanol–water partition coefficient (Wildman–Crippen LogP) is 5.19. The molecule has 148 valence electrons. The van der Waals surface area contributed by atoms with E-state index >= 15 is 0 Å². The van der Waals surface area contributed by atoms with E-state index in [1.807, 2.05) is 48.5 Å². The molecule has 0 spiro atoms. The highest BCUT2D eigenvalue weighted by molar-refractivity contribution is 9.10. The van der Waals surface area contributed by atoms with E-state index in [2.05, 4.69) is 54.0 Å². The monoisotopic (exact) mass is 457 g/mol.